The number of carbonyl (C=O) groups is 1. The van der Waals surface area contributed by atoms with Crippen LogP contribution in [0.5, 0.6) is 0 Å². The van der Waals surface area contributed by atoms with E-state index in [4.69, 9.17) is 4.74 Å². The maximum absolute atomic E-state index is 12.9. The van der Waals surface area contributed by atoms with E-state index in [0.717, 1.165) is 11.1 Å². The number of hydrogen-bond donors (Lipinski definition) is 5. The first-order valence-corrected chi connectivity index (χ1v) is 14.7. The maximum atomic E-state index is 12.9. The molecule has 4 atom stereocenters. The van der Waals surface area contributed by atoms with Crippen LogP contribution < -0.4 is 15.4 Å². The molecule has 39 heavy (non-hydrogen) atoms. The van der Waals surface area contributed by atoms with E-state index in [1.807, 2.05) is 60.7 Å². The number of amides is 1. The first kappa shape index (κ1) is 32.7. The van der Waals surface area contributed by atoms with Gasteiger partial charge in [0.05, 0.1) is 29.0 Å². The van der Waals surface area contributed by atoms with Crippen LogP contribution in [0.3, 0.4) is 0 Å². The average molecular weight is 564 g/mol. The maximum Gasteiger partial charge on any atom is 0.407 e. The van der Waals surface area contributed by atoms with E-state index in [9.17, 15) is 23.4 Å². The summed E-state index contributed by atoms with van der Waals surface area (Å²) in [6.07, 6.45) is -2.07. The van der Waals surface area contributed by atoms with Crippen LogP contribution in [0, 0.1) is 0 Å². The Morgan fingerprint density at radius 2 is 1.23 bits per heavy atom. The van der Waals surface area contributed by atoms with E-state index >= 15 is 0 Å². The molecule has 2 rings (SSSR count). The molecule has 0 radical (unpaired) electrons. The monoisotopic (exact) mass is 563 g/mol. The Balaban J connectivity index is 2.08. The van der Waals surface area contributed by atoms with Gasteiger partial charge in [-0.2, -0.15) is 0 Å². The first-order chi connectivity index (χ1) is 18.1. The molecule has 0 aliphatic heterocycles. The molecule has 9 nitrogen and oxygen atoms in total. The van der Waals surface area contributed by atoms with Gasteiger partial charge < -0.3 is 25.6 Å². The second-order valence-corrected chi connectivity index (χ2v) is 14.2. The molecular formula is C29H45N3O6S. The third kappa shape index (κ3) is 11.6. The molecule has 0 aromatic heterocycles. The zero-order valence-electron chi connectivity index (χ0n) is 23.8. The molecule has 0 fully saturated rings. The second kappa shape index (κ2) is 14.2. The highest BCUT2D eigenvalue weighted by Gasteiger charge is 2.34. The zero-order valence-corrected chi connectivity index (χ0v) is 24.7. The number of alkyl carbamates (subject to hydrolysis) is 1. The van der Waals surface area contributed by atoms with E-state index in [-0.39, 0.29) is 13.1 Å². The number of rotatable bonds is 13. The molecule has 218 valence electrons. The fourth-order valence-corrected chi connectivity index (χ4v) is 4.77. The van der Waals surface area contributed by atoms with Crippen molar-refractivity contribution in [2.45, 2.75) is 89.0 Å². The fourth-order valence-electron chi connectivity index (χ4n) is 3.77. The minimum Gasteiger partial charge on any atom is -0.444 e. The molecule has 0 aliphatic carbocycles. The van der Waals surface area contributed by atoms with Crippen LogP contribution >= 0.6 is 0 Å². The molecule has 0 bridgehead atoms. The van der Waals surface area contributed by atoms with Gasteiger partial charge in [-0.1, -0.05) is 60.7 Å². The molecule has 2 aromatic carbocycles. The van der Waals surface area contributed by atoms with Crippen LogP contribution in [-0.4, -0.2) is 72.5 Å². The molecule has 0 heterocycles. The molecule has 0 saturated carbocycles. The quantitative estimate of drug-likeness (QED) is 0.253. The number of hydrogen-bond acceptors (Lipinski definition) is 7. The van der Waals surface area contributed by atoms with Gasteiger partial charge in [0.15, 0.2) is 0 Å². The number of aliphatic hydroxyl groups is 2. The van der Waals surface area contributed by atoms with Gasteiger partial charge in [0.1, 0.15) is 5.60 Å². The predicted octanol–water partition coefficient (Wildman–Crippen LogP) is 2.76. The highest BCUT2D eigenvalue weighted by atomic mass is 32.2. The Bertz CT molecular complexity index is 1120. The normalized spacial score (nSPS) is 15.7. The summed E-state index contributed by atoms with van der Waals surface area (Å²) >= 11 is 0. The molecule has 1 amide bonds. The number of ether oxygens (including phenoxy) is 1. The summed E-state index contributed by atoms with van der Waals surface area (Å²) in [6.45, 7) is 10.1. The van der Waals surface area contributed by atoms with Crippen molar-refractivity contribution in [2.24, 2.45) is 0 Å². The topological polar surface area (TPSA) is 137 Å². The predicted molar refractivity (Wildman–Crippen MR) is 154 cm³/mol. The summed E-state index contributed by atoms with van der Waals surface area (Å²) in [5.74, 6) is 0. The van der Waals surface area contributed by atoms with E-state index in [1.54, 1.807) is 41.5 Å². The molecular weight excluding hydrogens is 518 g/mol. The van der Waals surface area contributed by atoms with Crippen LogP contribution in [0.15, 0.2) is 60.7 Å². The summed E-state index contributed by atoms with van der Waals surface area (Å²) in [6, 6.07) is 17.3. The van der Waals surface area contributed by atoms with Gasteiger partial charge in [-0.05, 0) is 65.5 Å². The van der Waals surface area contributed by atoms with Crippen molar-refractivity contribution >= 4 is 16.1 Å². The summed E-state index contributed by atoms with van der Waals surface area (Å²) in [4.78, 5) is 12.5. The van der Waals surface area contributed by atoms with Crippen LogP contribution in [0.25, 0.3) is 0 Å². The molecule has 5 N–H and O–H groups in total. The smallest absolute Gasteiger partial charge is 0.407 e. The third-order valence-electron chi connectivity index (χ3n) is 6.05. The van der Waals surface area contributed by atoms with Gasteiger partial charge in [0.25, 0.3) is 0 Å². The van der Waals surface area contributed by atoms with Gasteiger partial charge in [0.2, 0.25) is 10.0 Å². The fraction of sp³-hybridized carbons (Fsp3) is 0.552. The minimum absolute atomic E-state index is 0.0196. The lowest BCUT2D eigenvalue weighted by Crippen LogP contribution is -2.54. The number of nitrogens with one attached hydrogen (secondary N) is 3. The SMILES string of the molecule is CC(C)(C)OC(=O)N[C@@H](Cc1ccccc1)[C@H](O)CNC[C@@H](O)[C@H](Cc1ccccc1)NS(=O)(=O)C(C)(C)C. The number of benzene rings is 2. The van der Waals surface area contributed by atoms with Crippen LogP contribution in [0.2, 0.25) is 0 Å². The minimum atomic E-state index is -3.73. The van der Waals surface area contributed by atoms with Gasteiger partial charge in [0, 0.05) is 13.1 Å². The van der Waals surface area contributed by atoms with Crippen molar-refractivity contribution in [1.82, 2.24) is 15.4 Å². The molecule has 10 heteroatoms. The molecule has 0 unspecified atom stereocenters. The number of aliphatic hydroxyl groups excluding tert-OH is 2. The van der Waals surface area contributed by atoms with Gasteiger partial charge in [-0.3, -0.25) is 0 Å². The van der Waals surface area contributed by atoms with E-state index in [0.29, 0.717) is 12.8 Å². The Hall–Kier alpha value is -2.50. The Labute approximate surface area is 233 Å². The lowest BCUT2D eigenvalue weighted by atomic mass is 10.0. The lowest BCUT2D eigenvalue weighted by Gasteiger charge is -2.30. The summed E-state index contributed by atoms with van der Waals surface area (Å²) < 4.78 is 32.7. The largest absolute Gasteiger partial charge is 0.444 e. The van der Waals surface area contributed by atoms with Crippen LogP contribution in [-0.2, 0) is 27.6 Å². The van der Waals surface area contributed by atoms with E-state index in [2.05, 4.69) is 15.4 Å². The van der Waals surface area contributed by atoms with Gasteiger partial charge in [-0.15, -0.1) is 0 Å². The molecule has 0 spiro atoms. The Morgan fingerprint density at radius 3 is 1.67 bits per heavy atom. The van der Waals surface area contributed by atoms with Crippen molar-refractivity contribution in [1.29, 1.82) is 0 Å². The number of carbonyl (C=O) groups excluding carboxylic acids is 1. The van der Waals surface area contributed by atoms with Gasteiger partial charge >= 0.3 is 6.09 Å². The van der Waals surface area contributed by atoms with E-state index < -0.39 is 50.8 Å². The van der Waals surface area contributed by atoms with E-state index in [1.165, 1.54) is 0 Å². The van der Waals surface area contributed by atoms with Gasteiger partial charge in [-0.25, -0.2) is 17.9 Å². The second-order valence-electron chi connectivity index (χ2n) is 11.8. The van der Waals surface area contributed by atoms with Crippen molar-refractivity contribution < 1.29 is 28.2 Å². The zero-order chi connectivity index (χ0) is 29.3. The Kier molecular flexibility index (Phi) is 11.9. The number of sulfonamides is 1. The van der Waals surface area contributed by atoms with Crippen LogP contribution in [0.4, 0.5) is 4.79 Å². The molecule has 0 saturated heterocycles. The third-order valence-corrected chi connectivity index (χ3v) is 8.27. The molecule has 2 aromatic rings. The summed E-state index contributed by atoms with van der Waals surface area (Å²) in [7, 11) is -3.73. The standard InChI is InChI=1S/C29H45N3O6S/c1-28(2,3)38-27(35)31-23(17-21-13-9-7-10-14-21)25(33)19-30-20-26(34)24(18-22-15-11-8-12-16-22)32-39(36,37)29(4,5)6/h7-16,23-26,30,32-34H,17-20H2,1-6H3,(H,31,35)/t23-,24-,25+,26+/m0/s1. The Morgan fingerprint density at radius 1 is 0.795 bits per heavy atom. The summed E-state index contributed by atoms with van der Waals surface area (Å²) in [5, 5.41) is 27.8. The van der Waals surface area contributed by atoms with Crippen molar-refractivity contribution in [3.63, 3.8) is 0 Å². The highest BCUT2D eigenvalue weighted by molar-refractivity contribution is 7.90. The van der Waals surface area contributed by atoms with Crippen molar-refractivity contribution in [3.8, 4) is 0 Å². The summed E-state index contributed by atoms with van der Waals surface area (Å²) in [5.41, 5.74) is 1.11. The molecule has 0 aliphatic rings. The van der Waals surface area contributed by atoms with Crippen molar-refractivity contribution in [3.05, 3.63) is 71.8 Å². The lowest BCUT2D eigenvalue weighted by molar-refractivity contribution is 0.0416. The first-order valence-electron chi connectivity index (χ1n) is 13.2. The highest BCUT2D eigenvalue weighted by Crippen LogP contribution is 2.17. The van der Waals surface area contributed by atoms with Crippen LogP contribution in [0.1, 0.15) is 52.7 Å². The average Bonchev–Trinajstić information content (AvgIpc) is 2.82. The van der Waals surface area contributed by atoms with Crippen molar-refractivity contribution in [2.75, 3.05) is 13.1 Å².